The quantitative estimate of drug-likeness (QED) is 0.649. The summed E-state index contributed by atoms with van der Waals surface area (Å²) in [5.74, 6) is 0. The first-order valence-electron chi connectivity index (χ1n) is 5.99. The molecule has 4 heteroatoms. The summed E-state index contributed by atoms with van der Waals surface area (Å²) in [6.45, 7) is 0.872. The van der Waals surface area contributed by atoms with E-state index in [-0.39, 0.29) is 5.56 Å². The van der Waals surface area contributed by atoms with Crippen LogP contribution in [0, 0.1) is 0 Å². The Hall–Kier alpha value is -2.36. The predicted molar refractivity (Wildman–Crippen MR) is 69.5 cm³/mol. The first-order valence-corrected chi connectivity index (χ1v) is 5.99. The van der Waals surface area contributed by atoms with E-state index in [1.54, 1.807) is 12.4 Å². The lowest BCUT2D eigenvalue weighted by atomic mass is 10.0. The van der Waals surface area contributed by atoms with Crippen molar-refractivity contribution in [3.8, 4) is 11.4 Å². The summed E-state index contributed by atoms with van der Waals surface area (Å²) in [6.07, 6.45) is 2.60. The third-order valence-electron chi connectivity index (χ3n) is 3.57. The molecule has 0 bridgehead atoms. The van der Waals surface area contributed by atoms with Gasteiger partial charge >= 0.3 is 0 Å². The monoisotopic (exact) mass is 237 g/mol. The molecule has 0 unspecified atom stereocenters. The zero-order chi connectivity index (χ0) is 12.1. The van der Waals surface area contributed by atoms with Gasteiger partial charge < -0.3 is 9.55 Å². The fourth-order valence-corrected chi connectivity index (χ4v) is 2.73. The molecule has 0 saturated heterocycles. The molecule has 1 N–H and O–H groups in total. The number of aromatic nitrogens is 3. The van der Waals surface area contributed by atoms with Gasteiger partial charge in [-0.05, 0) is 18.1 Å². The predicted octanol–water partition coefficient (Wildman–Crippen LogP) is 1.95. The van der Waals surface area contributed by atoms with Crippen LogP contribution < -0.4 is 5.56 Å². The fourth-order valence-electron chi connectivity index (χ4n) is 2.73. The molecule has 2 aromatic heterocycles. The third kappa shape index (κ3) is 1.20. The molecule has 0 fully saturated rings. The normalized spacial score (nSPS) is 13.3. The number of para-hydroxylation sites is 1. The largest absolute Gasteiger partial charge is 0.353 e. The minimum atomic E-state index is -0.187. The number of hydrogen-bond acceptors (Lipinski definition) is 2. The van der Waals surface area contributed by atoms with E-state index < -0.39 is 0 Å². The number of nitrogens with one attached hydrogen (secondary N) is 1. The molecule has 0 saturated carbocycles. The van der Waals surface area contributed by atoms with Crippen molar-refractivity contribution in [1.29, 1.82) is 0 Å². The minimum absolute atomic E-state index is 0.187. The van der Waals surface area contributed by atoms with Gasteiger partial charge in [0, 0.05) is 23.5 Å². The number of rotatable bonds is 0. The Labute approximate surface area is 103 Å². The van der Waals surface area contributed by atoms with Crippen molar-refractivity contribution in [3.63, 3.8) is 0 Å². The van der Waals surface area contributed by atoms with Crippen LogP contribution in [-0.2, 0) is 13.0 Å². The molecule has 0 spiro atoms. The van der Waals surface area contributed by atoms with E-state index in [1.165, 1.54) is 10.9 Å². The van der Waals surface area contributed by atoms with E-state index in [9.17, 15) is 4.79 Å². The molecular weight excluding hydrogens is 226 g/mol. The van der Waals surface area contributed by atoms with E-state index in [2.05, 4.69) is 22.1 Å². The van der Waals surface area contributed by atoms with Gasteiger partial charge in [0.05, 0.1) is 17.7 Å². The van der Waals surface area contributed by atoms with Gasteiger partial charge in [0.1, 0.15) is 0 Å². The Balaban J connectivity index is 2.11. The van der Waals surface area contributed by atoms with E-state index in [0.717, 1.165) is 29.9 Å². The van der Waals surface area contributed by atoms with Crippen molar-refractivity contribution in [3.05, 3.63) is 52.6 Å². The second kappa shape index (κ2) is 3.32. The Kier molecular flexibility index (Phi) is 1.78. The molecule has 0 atom stereocenters. The first-order chi connectivity index (χ1) is 8.83. The van der Waals surface area contributed by atoms with Crippen molar-refractivity contribution >= 4 is 10.9 Å². The van der Waals surface area contributed by atoms with Gasteiger partial charge in [0.2, 0.25) is 0 Å². The molecule has 1 aliphatic heterocycles. The van der Waals surface area contributed by atoms with Gasteiger partial charge in [0.25, 0.3) is 5.56 Å². The zero-order valence-electron chi connectivity index (χ0n) is 9.68. The average molecular weight is 237 g/mol. The molecule has 4 nitrogen and oxygen atoms in total. The number of hydrogen-bond donors (Lipinski definition) is 1. The highest BCUT2D eigenvalue weighted by molar-refractivity contribution is 5.90. The van der Waals surface area contributed by atoms with Crippen LogP contribution in [0.5, 0.6) is 0 Å². The Morgan fingerprint density at radius 2 is 2.17 bits per heavy atom. The highest BCUT2D eigenvalue weighted by Gasteiger charge is 2.19. The molecule has 4 rings (SSSR count). The van der Waals surface area contributed by atoms with Crippen LogP contribution in [0.2, 0.25) is 0 Å². The van der Waals surface area contributed by atoms with E-state index in [1.807, 2.05) is 16.7 Å². The highest BCUT2D eigenvalue weighted by atomic mass is 16.1. The maximum absolute atomic E-state index is 11.4. The van der Waals surface area contributed by atoms with Crippen molar-refractivity contribution in [2.75, 3.05) is 0 Å². The summed E-state index contributed by atoms with van der Waals surface area (Å²) in [6, 6.07) is 9.86. The third-order valence-corrected chi connectivity index (χ3v) is 3.57. The van der Waals surface area contributed by atoms with Crippen molar-refractivity contribution in [2.24, 2.45) is 0 Å². The van der Waals surface area contributed by atoms with Gasteiger partial charge in [-0.25, -0.2) is 0 Å². The van der Waals surface area contributed by atoms with Crippen LogP contribution in [0.1, 0.15) is 5.56 Å². The Morgan fingerprint density at radius 1 is 1.28 bits per heavy atom. The summed E-state index contributed by atoms with van der Waals surface area (Å²) in [4.78, 5) is 18.7. The lowest BCUT2D eigenvalue weighted by Crippen LogP contribution is -2.17. The van der Waals surface area contributed by atoms with Crippen molar-refractivity contribution in [1.82, 2.24) is 14.5 Å². The van der Waals surface area contributed by atoms with Gasteiger partial charge in [-0.1, -0.05) is 18.2 Å². The fraction of sp³-hybridized carbons (Fsp3) is 0.143. The molecule has 0 radical (unpaired) electrons. The lowest BCUT2D eigenvalue weighted by molar-refractivity contribution is 0.664. The number of aromatic amines is 1. The van der Waals surface area contributed by atoms with Gasteiger partial charge in [-0.2, -0.15) is 4.98 Å². The summed E-state index contributed by atoms with van der Waals surface area (Å²) >= 11 is 0. The molecule has 3 heterocycles. The van der Waals surface area contributed by atoms with Crippen LogP contribution in [0.25, 0.3) is 22.3 Å². The molecule has 0 amide bonds. The standard InChI is InChI=1S/C14H11N3O/c18-13-7-12-14-10(5-6-17(12)8-15-13)9-3-1-2-4-11(9)16-14/h1-4,7-8,16H,5-6H2. The molecule has 88 valence electrons. The van der Waals surface area contributed by atoms with Crippen molar-refractivity contribution < 1.29 is 0 Å². The molecule has 3 aromatic rings. The van der Waals surface area contributed by atoms with Gasteiger partial charge in [-0.15, -0.1) is 0 Å². The molecule has 1 aromatic carbocycles. The second-order valence-corrected chi connectivity index (χ2v) is 4.58. The van der Waals surface area contributed by atoms with Crippen LogP contribution in [0.15, 0.2) is 41.5 Å². The van der Waals surface area contributed by atoms with Crippen molar-refractivity contribution in [2.45, 2.75) is 13.0 Å². The number of benzene rings is 1. The maximum atomic E-state index is 11.4. The van der Waals surface area contributed by atoms with Gasteiger partial charge in [0.15, 0.2) is 0 Å². The van der Waals surface area contributed by atoms with Crippen LogP contribution in [0.3, 0.4) is 0 Å². The molecule has 0 aliphatic carbocycles. The topological polar surface area (TPSA) is 50.7 Å². The summed E-state index contributed by atoms with van der Waals surface area (Å²) in [5.41, 5.74) is 4.23. The van der Waals surface area contributed by atoms with Crippen LogP contribution in [-0.4, -0.2) is 14.5 Å². The van der Waals surface area contributed by atoms with Crippen LogP contribution >= 0.6 is 0 Å². The zero-order valence-corrected chi connectivity index (χ0v) is 9.68. The summed E-state index contributed by atoms with van der Waals surface area (Å²) in [5, 5.41) is 1.25. The minimum Gasteiger partial charge on any atom is -0.353 e. The average Bonchev–Trinajstić information content (AvgIpc) is 2.78. The first kappa shape index (κ1) is 9.65. The molecule has 1 aliphatic rings. The Bertz CT molecular complexity index is 813. The number of fused-ring (bicyclic) bond motifs is 5. The van der Waals surface area contributed by atoms with Gasteiger partial charge in [-0.3, -0.25) is 4.79 Å². The summed E-state index contributed by atoms with van der Waals surface area (Å²) < 4.78 is 2.03. The number of H-pyrrole nitrogens is 1. The lowest BCUT2D eigenvalue weighted by Gasteiger charge is -2.18. The van der Waals surface area contributed by atoms with E-state index >= 15 is 0 Å². The van der Waals surface area contributed by atoms with E-state index in [4.69, 9.17) is 0 Å². The van der Waals surface area contributed by atoms with Crippen LogP contribution in [0.4, 0.5) is 0 Å². The Morgan fingerprint density at radius 3 is 3.11 bits per heavy atom. The second-order valence-electron chi connectivity index (χ2n) is 4.58. The van der Waals surface area contributed by atoms with E-state index in [0.29, 0.717) is 0 Å². The maximum Gasteiger partial charge on any atom is 0.273 e. The molecule has 18 heavy (non-hydrogen) atoms. The number of aryl methyl sites for hydroxylation is 2. The number of nitrogens with zero attached hydrogens (tertiary/aromatic N) is 2. The highest BCUT2D eigenvalue weighted by Crippen LogP contribution is 2.33. The SMILES string of the molecule is O=c1cc2n(cn1)CCc1c-2[nH]c2ccccc12. The smallest absolute Gasteiger partial charge is 0.273 e. The molecular formula is C14H11N3O. The summed E-state index contributed by atoms with van der Waals surface area (Å²) in [7, 11) is 0.